The molecule has 0 radical (unpaired) electrons. The highest BCUT2D eigenvalue weighted by Gasteiger charge is 2.75. The maximum atomic E-state index is 11.4. The van der Waals surface area contributed by atoms with Crippen LogP contribution in [0.1, 0.15) is 6.42 Å². The number of carboxylic acids is 1. The first-order chi connectivity index (χ1) is 5.43. The second-order valence-electron chi connectivity index (χ2n) is 3.38. The predicted octanol–water partition coefficient (Wildman–Crippen LogP) is -0.895. The van der Waals surface area contributed by atoms with E-state index < -0.39 is 20.7 Å². The third kappa shape index (κ3) is 0.591. The van der Waals surface area contributed by atoms with Crippen molar-refractivity contribution in [1.82, 2.24) is 4.31 Å². The molecule has 2 atom stereocenters. The monoisotopic (exact) mass is 191 g/mol. The lowest BCUT2D eigenvalue weighted by Crippen LogP contribution is -2.37. The average molecular weight is 191 g/mol. The van der Waals surface area contributed by atoms with Crippen molar-refractivity contribution < 1.29 is 18.3 Å². The summed E-state index contributed by atoms with van der Waals surface area (Å²) >= 11 is 0. The third-order valence-electron chi connectivity index (χ3n) is 2.76. The zero-order valence-electron chi connectivity index (χ0n) is 6.52. The maximum Gasteiger partial charge on any atom is 0.326 e. The van der Waals surface area contributed by atoms with Gasteiger partial charge in [-0.1, -0.05) is 0 Å². The van der Waals surface area contributed by atoms with Gasteiger partial charge in [-0.2, -0.15) is 0 Å². The summed E-state index contributed by atoms with van der Waals surface area (Å²) in [5, 5.41) is 8.76. The highest BCUT2D eigenvalue weighted by molar-refractivity contribution is 7.92. The first kappa shape index (κ1) is 8.00. The third-order valence-corrected chi connectivity index (χ3v) is 5.32. The van der Waals surface area contributed by atoms with Crippen LogP contribution in [0.2, 0.25) is 0 Å². The smallest absolute Gasteiger partial charge is 0.326 e. The minimum atomic E-state index is -3.56. The molecule has 2 rings (SSSR count). The van der Waals surface area contributed by atoms with Gasteiger partial charge in [-0.15, -0.1) is 0 Å². The standard InChI is InChI=1S/C6H9NO4S/c1-7-3-4-2-6(4,5(8)9)12(7,10)11/h4H,2-3H2,1H3,(H,8,9). The molecule has 12 heavy (non-hydrogen) atoms. The molecule has 1 saturated heterocycles. The Balaban J connectivity index is 2.52. The van der Waals surface area contributed by atoms with Crippen molar-refractivity contribution in [1.29, 1.82) is 0 Å². The zero-order chi connectivity index (χ0) is 9.15. The zero-order valence-corrected chi connectivity index (χ0v) is 7.34. The largest absolute Gasteiger partial charge is 0.480 e. The number of fused-ring (bicyclic) bond motifs is 1. The molecule has 6 heteroatoms. The topological polar surface area (TPSA) is 74.7 Å². The van der Waals surface area contributed by atoms with Crippen LogP contribution in [-0.4, -0.2) is 42.1 Å². The lowest BCUT2D eigenvalue weighted by atomic mass is 10.3. The molecule has 1 aliphatic heterocycles. The second-order valence-corrected chi connectivity index (χ2v) is 5.68. The summed E-state index contributed by atoms with van der Waals surface area (Å²) in [4.78, 5) is 10.7. The summed E-state index contributed by atoms with van der Waals surface area (Å²) in [6, 6.07) is 0. The number of hydrogen-bond donors (Lipinski definition) is 1. The molecule has 0 aromatic carbocycles. The molecule has 68 valence electrons. The van der Waals surface area contributed by atoms with Crippen LogP contribution in [-0.2, 0) is 14.8 Å². The van der Waals surface area contributed by atoms with Gasteiger partial charge in [0.2, 0.25) is 10.0 Å². The molecule has 1 N–H and O–H groups in total. The first-order valence-corrected chi connectivity index (χ1v) is 5.06. The van der Waals surface area contributed by atoms with E-state index in [4.69, 9.17) is 5.11 Å². The number of carboxylic acid groups (broad SMARTS) is 1. The maximum absolute atomic E-state index is 11.4. The summed E-state index contributed by atoms with van der Waals surface area (Å²) in [6.07, 6.45) is 0.287. The van der Waals surface area contributed by atoms with Gasteiger partial charge < -0.3 is 5.11 Å². The Labute approximate surface area is 70.0 Å². The van der Waals surface area contributed by atoms with Gasteiger partial charge in [0, 0.05) is 19.5 Å². The molecule has 2 unspecified atom stereocenters. The van der Waals surface area contributed by atoms with Crippen molar-refractivity contribution in [3.63, 3.8) is 0 Å². The molecular weight excluding hydrogens is 182 g/mol. The molecular formula is C6H9NO4S. The van der Waals surface area contributed by atoms with E-state index in [2.05, 4.69) is 0 Å². The van der Waals surface area contributed by atoms with Crippen molar-refractivity contribution in [2.45, 2.75) is 11.2 Å². The number of rotatable bonds is 1. The minimum absolute atomic E-state index is 0.190. The number of carbonyl (C=O) groups is 1. The van der Waals surface area contributed by atoms with Gasteiger partial charge in [0.1, 0.15) is 0 Å². The van der Waals surface area contributed by atoms with Gasteiger partial charge in [0.25, 0.3) is 0 Å². The number of sulfonamides is 1. The van der Waals surface area contributed by atoms with Gasteiger partial charge in [-0.3, -0.25) is 4.79 Å². The van der Waals surface area contributed by atoms with E-state index in [0.29, 0.717) is 6.54 Å². The molecule has 2 fully saturated rings. The lowest BCUT2D eigenvalue weighted by Gasteiger charge is -2.13. The summed E-state index contributed by atoms with van der Waals surface area (Å²) in [5.74, 6) is -1.39. The fourth-order valence-corrected chi connectivity index (χ4v) is 3.95. The van der Waals surface area contributed by atoms with E-state index >= 15 is 0 Å². The van der Waals surface area contributed by atoms with Gasteiger partial charge in [-0.05, 0) is 6.42 Å². The predicted molar refractivity (Wildman–Crippen MR) is 40.0 cm³/mol. The Morgan fingerprint density at radius 2 is 2.25 bits per heavy atom. The van der Waals surface area contributed by atoms with Crippen LogP contribution in [0.15, 0.2) is 0 Å². The Kier molecular flexibility index (Phi) is 1.22. The first-order valence-electron chi connectivity index (χ1n) is 3.62. The highest BCUT2D eigenvalue weighted by Crippen LogP contribution is 2.56. The van der Waals surface area contributed by atoms with Gasteiger partial charge in [-0.25, -0.2) is 12.7 Å². The quantitative estimate of drug-likeness (QED) is 0.583. The fraction of sp³-hybridized carbons (Fsp3) is 0.833. The van der Waals surface area contributed by atoms with Crippen LogP contribution < -0.4 is 0 Å². The SMILES string of the molecule is CN1CC2CC2(C(=O)O)S1(=O)=O. The van der Waals surface area contributed by atoms with E-state index in [1.54, 1.807) is 0 Å². The van der Waals surface area contributed by atoms with Crippen LogP contribution >= 0.6 is 0 Å². The number of nitrogens with zero attached hydrogens (tertiary/aromatic N) is 1. The van der Waals surface area contributed by atoms with E-state index in [-0.39, 0.29) is 12.3 Å². The normalized spacial score (nSPS) is 43.9. The van der Waals surface area contributed by atoms with Gasteiger partial charge in [0.05, 0.1) is 0 Å². The summed E-state index contributed by atoms with van der Waals surface area (Å²) < 4.78 is 22.6. The van der Waals surface area contributed by atoms with Crippen molar-refractivity contribution in [3.8, 4) is 0 Å². The van der Waals surface area contributed by atoms with E-state index in [1.165, 1.54) is 7.05 Å². The Bertz CT molecular complexity index is 349. The van der Waals surface area contributed by atoms with Crippen LogP contribution in [0.4, 0.5) is 0 Å². The molecule has 0 aromatic rings. The van der Waals surface area contributed by atoms with Crippen molar-refractivity contribution >= 4 is 16.0 Å². The number of aliphatic carboxylic acids is 1. The van der Waals surface area contributed by atoms with Crippen LogP contribution in [0.5, 0.6) is 0 Å². The van der Waals surface area contributed by atoms with Crippen LogP contribution in [0.3, 0.4) is 0 Å². The Morgan fingerprint density at radius 1 is 1.67 bits per heavy atom. The molecule has 2 aliphatic rings. The minimum Gasteiger partial charge on any atom is -0.480 e. The van der Waals surface area contributed by atoms with Crippen LogP contribution in [0.25, 0.3) is 0 Å². The highest BCUT2D eigenvalue weighted by atomic mass is 32.2. The molecule has 5 nitrogen and oxygen atoms in total. The molecule has 0 aromatic heterocycles. The molecule has 1 aliphatic carbocycles. The Morgan fingerprint density at radius 3 is 2.50 bits per heavy atom. The van der Waals surface area contributed by atoms with Gasteiger partial charge in [0.15, 0.2) is 4.75 Å². The number of hydrogen-bond acceptors (Lipinski definition) is 3. The summed E-state index contributed by atoms with van der Waals surface area (Å²) in [7, 11) is -2.13. The molecule has 1 saturated carbocycles. The molecule has 0 amide bonds. The van der Waals surface area contributed by atoms with Crippen molar-refractivity contribution in [2.24, 2.45) is 5.92 Å². The fourth-order valence-electron chi connectivity index (χ4n) is 1.89. The average Bonchev–Trinajstić information content (AvgIpc) is 2.58. The summed E-state index contributed by atoms with van der Waals surface area (Å²) in [5.41, 5.74) is 0. The van der Waals surface area contributed by atoms with Crippen molar-refractivity contribution in [3.05, 3.63) is 0 Å². The lowest BCUT2D eigenvalue weighted by molar-refractivity contribution is -0.137. The summed E-state index contributed by atoms with van der Waals surface area (Å²) in [6.45, 7) is 0.356. The van der Waals surface area contributed by atoms with E-state index in [0.717, 1.165) is 4.31 Å². The van der Waals surface area contributed by atoms with E-state index in [1.807, 2.05) is 0 Å². The van der Waals surface area contributed by atoms with Crippen molar-refractivity contribution in [2.75, 3.05) is 13.6 Å². The van der Waals surface area contributed by atoms with Gasteiger partial charge >= 0.3 is 5.97 Å². The molecule has 0 bridgehead atoms. The Hall–Kier alpha value is -0.620. The molecule has 0 spiro atoms. The second kappa shape index (κ2) is 1.82. The molecule has 1 heterocycles. The van der Waals surface area contributed by atoms with Crippen LogP contribution in [0, 0.1) is 5.92 Å². The van der Waals surface area contributed by atoms with E-state index in [9.17, 15) is 13.2 Å².